The first kappa shape index (κ1) is 19.0. The molecule has 0 amide bonds. The first-order chi connectivity index (χ1) is 7.68. The quantitative estimate of drug-likeness (QED) is 0.508. The monoisotopic (exact) mass is 241 g/mol. The van der Waals surface area contributed by atoms with Crippen LogP contribution in [0.2, 0.25) is 0 Å². The zero-order valence-corrected chi connectivity index (χ0v) is 13.5. The van der Waals surface area contributed by atoms with Crippen molar-refractivity contribution in [3.8, 4) is 0 Å². The fraction of sp³-hybridized carbons (Fsp3) is 0.938. The highest BCUT2D eigenvalue weighted by atomic mass is 14.4. The van der Waals surface area contributed by atoms with Gasteiger partial charge in [0.05, 0.1) is 0 Å². The van der Waals surface area contributed by atoms with E-state index in [-0.39, 0.29) is 0 Å². The molecule has 1 aliphatic rings. The van der Waals surface area contributed by atoms with Gasteiger partial charge >= 0.3 is 0 Å². The Morgan fingerprint density at radius 2 is 1.53 bits per heavy atom. The van der Waals surface area contributed by atoms with Crippen LogP contribution in [0.1, 0.15) is 81.1 Å². The SMILES string of the molecule is CC(C)=N.CC1CCCC(C)(C)[C@H]1C.CCC. The first-order valence-electron chi connectivity index (χ1n) is 7.20. The fourth-order valence-electron chi connectivity index (χ4n) is 2.13. The van der Waals surface area contributed by atoms with Crippen molar-refractivity contribution >= 4 is 5.71 Å². The maximum atomic E-state index is 6.50. The van der Waals surface area contributed by atoms with Crippen molar-refractivity contribution in [2.45, 2.75) is 81.1 Å². The van der Waals surface area contributed by atoms with Gasteiger partial charge in [0.15, 0.2) is 0 Å². The van der Waals surface area contributed by atoms with Gasteiger partial charge in [-0.2, -0.15) is 0 Å². The summed E-state index contributed by atoms with van der Waals surface area (Å²) in [6.45, 7) is 17.4. The molecule has 0 aliphatic heterocycles. The van der Waals surface area contributed by atoms with E-state index in [2.05, 4.69) is 41.5 Å². The highest BCUT2D eigenvalue weighted by Gasteiger charge is 2.32. The van der Waals surface area contributed by atoms with Gasteiger partial charge < -0.3 is 5.41 Å². The number of hydrogen-bond acceptors (Lipinski definition) is 1. The normalized spacial score (nSPS) is 25.9. The molecule has 104 valence electrons. The van der Waals surface area contributed by atoms with Gasteiger partial charge in [-0.3, -0.25) is 0 Å². The molecule has 0 aromatic carbocycles. The summed E-state index contributed by atoms with van der Waals surface area (Å²) in [5.41, 5.74) is 1.28. The highest BCUT2D eigenvalue weighted by Crippen LogP contribution is 2.43. The number of hydrogen-bond donors (Lipinski definition) is 1. The molecule has 2 atom stereocenters. The van der Waals surface area contributed by atoms with Crippen LogP contribution < -0.4 is 0 Å². The topological polar surface area (TPSA) is 23.9 Å². The van der Waals surface area contributed by atoms with Gasteiger partial charge in [-0.1, -0.05) is 60.8 Å². The lowest BCUT2D eigenvalue weighted by atomic mass is 9.65. The van der Waals surface area contributed by atoms with Crippen LogP contribution in [0.15, 0.2) is 0 Å². The maximum absolute atomic E-state index is 6.50. The Bertz CT molecular complexity index is 190. The Morgan fingerprint density at radius 1 is 1.18 bits per heavy atom. The molecule has 1 heteroatoms. The largest absolute Gasteiger partial charge is 0.310 e. The van der Waals surface area contributed by atoms with Crippen molar-refractivity contribution in [1.29, 1.82) is 5.41 Å². The van der Waals surface area contributed by atoms with E-state index in [0.29, 0.717) is 11.1 Å². The lowest BCUT2D eigenvalue weighted by Gasteiger charge is -2.40. The van der Waals surface area contributed by atoms with Crippen LogP contribution in [0.3, 0.4) is 0 Å². The molecule has 0 bridgehead atoms. The summed E-state index contributed by atoms with van der Waals surface area (Å²) < 4.78 is 0. The van der Waals surface area contributed by atoms with Gasteiger partial charge in [-0.05, 0) is 37.5 Å². The molecule has 1 rings (SSSR count). The van der Waals surface area contributed by atoms with Gasteiger partial charge in [0.1, 0.15) is 0 Å². The van der Waals surface area contributed by atoms with E-state index < -0.39 is 0 Å². The number of rotatable bonds is 0. The Labute approximate surface area is 110 Å². The van der Waals surface area contributed by atoms with Crippen molar-refractivity contribution in [1.82, 2.24) is 0 Å². The Balaban J connectivity index is 0. The van der Waals surface area contributed by atoms with Crippen molar-refractivity contribution in [2.24, 2.45) is 17.3 Å². The predicted octanol–water partition coefficient (Wildman–Crippen LogP) is 5.93. The summed E-state index contributed by atoms with van der Waals surface area (Å²) in [6, 6.07) is 0. The fourth-order valence-corrected chi connectivity index (χ4v) is 2.13. The molecular weight excluding hydrogens is 206 g/mol. The summed E-state index contributed by atoms with van der Waals surface area (Å²) in [5, 5.41) is 6.50. The minimum absolute atomic E-state index is 0.609. The van der Waals surface area contributed by atoms with E-state index in [0.717, 1.165) is 11.8 Å². The van der Waals surface area contributed by atoms with Crippen molar-refractivity contribution in [3.05, 3.63) is 0 Å². The molecular formula is C16H35N. The lowest BCUT2D eigenvalue weighted by Crippen LogP contribution is -2.31. The second kappa shape index (κ2) is 9.67. The lowest BCUT2D eigenvalue weighted by molar-refractivity contribution is 0.0996. The van der Waals surface area contributed by atoms with Gasteiger partial charge in [-0.15, -0.1) is 0 Å². The predicted molar refractivity (Wildman–Crippen MR) is 81.0 cm³/mol. The van der Waals surface area contributed by atoms with Crippen LogP contribution in [0.5, 0.6) is 0 Å². The minimum Gasteiger partial charge on any atom is -0.310 e. The molecule has 0 aromatic rings. The molecule has 0 radical (unpaired) electrons. The average molecular weight is 241 g/mol. The molecule has 0 spiro atoms. The molecule has 0 aromatic heterocycles. The molecule has 1 unspecified atom stereocenters. The summed E-state index contributed by atoms with van der Waals surface area (Å²) in [7, 11) is 0. The second-order valence-electron chi connectivity index (χ2n) is 6.35. The van der Waals surface area contributed by atoms with E-state index in [4.69, 9.17) is 5.41 Å². The van der Waals surface area contributed by atoms with Crippen molar-refractivity contribution in [3.63, 3.8) is 0 Å². The minimum atomic E-state index is 0.609. The summed E-state index contributed by atoms with van der Waals surface area (Å²) in [5.74, 6) is 1.87. The van der Waals surface area contributed by atoms with Gasteiger partial charge in [0, 0.05) is 5.71 Å². The van der Waals surface area contributed by atoms with Crippen LogP contribution in [-0.2, 0) is 0 Å². The van der Waals surface area contributed by atoms with Crippen molar-refractivity contribution < 1.29 is 0 Å². The van der Waals surface area contributed by atoms with Gasteiger partial charge in [0.2, 0.25) is 0 Å². The van der Waals surface area contributed by atoms with Crippen LogP contribution >= 0.6 is 0 Å². The maximum Gasteiger partial charge on any atom is 0.00272 e. The third-order valence-electron chi connectivity index (χ3n) is 3.57. The summed E-state index contributed by atoms with van der Waals surface area (Å²) >= 11 is 0. The van der Waals surface area contributed by atoms with E-state index in [9.17, 15) is 0 Å². The van der Waals surface area contributed by atoms with E-state index in [1.54, 1.807) is 13.8 Å². The number of nitrogens with one attached hydrogen (secondary N) is 1. The molecule has 1 fully saturated rings. The zero-order chi connectivity index (χ0) is 14.1. The smallest absolute Gasteiger partial charge is 0.00272 e. The molecule has 1 N–H and O–H groups in total. The van der Waals surface area contributed by atoms with Crippen LogP contribution in [0.4, 0.5) is 0 Å². The first-order valence-corrected chi connectivity index (χ1v) is 7.20. The van der Waals surface area contributed by atoms with Crippen LogP contribution in [-0.4, -0.2) is 5.71 Å². The van der Waals surface area contributed by atoms with Gasteiger partial charge in [0.25, 0.3) is 0 Å². The summed E-state index contributed by atoms with van der Waals surface area (Å²) in [6.07, 6.45) is 5.57. The molecule has 1 saturated carbocycles. The third kappa shape index (κ3) is 10.5. The highest BCUT2D eigenvalue weighted by molar-refractivity contribution is 5.75. The molecule has 17 heavy (non-hydrogen) atoms. The Hall–Kier alpha value is -0.330. The average Bonchev–Trinajstić information content (AvgIpc) is 2.14. The Kier molecular flexibility index (Phi) is 10.8. The zero-order valence-electron chi connectivity index (χ0n) is 13.5. The molecule has 0 heterocycles. The van der Waals surface area contributed by atoms with Crippen molar-refractivity contribution in [2.75, 3.05) is 0 Å². The third-order valence-corrected chi connectivity index (χ3v) is 3.57. The van der Waals surface area contributed by atoms with Crippen LogP contribution in [0, 0.1) is 22.7 Å². The molecule has 0 saturated heterocycles. The molecule has 1 nitrogen and oxygen atoms in total. The van der Waals surface area contributed by atoms with E-state index >= 15 is 0 Å². The Morgan fingerprint density at radius 3 is 1.76 bits per heavy atom. The second-order valence-corrected chi connectivity index (χ2v) is 6.35. The van der Waals surface area contributed by atoms with E-state index in [1.165, 1.54) is 25.7 Å². The molecule has 1 aliphatic carbocycles. The summed E-state index contributed by atoms with van der Waals surface area (Å²) in [4.78, 5) is 0. The van der Waals surface area contributed by atoms with Crippen LogP contribution in [0.25, 0.3) is 0 Å². The standard InChI is InChI=1S/C10H20.C3H7N.C3H8/c1-8-6-5-7-10(3,4)9(8)2;1-3(2)4;1-3-2/h8-9H,5-7H2,1-4H3;4H,1-2H3;3H2,1-2H3/t8?,9-;;/m0../s1. The van der Waals surface area contributed by atoms with Gasteiger partial charge in [-0.25, -0.2) is 0 Å². The van der Waals surface area contributed by atoms with E-state index in [1.807, 2.05) is 0 Å².